The van der Waals surface area contributed by atoms with Crippen LogP contribution in [0.15, 0.2) is 57.7 Å². The number of fused-ring (bicyclic) bond motifs is 3. The number of nitro groups is 1. The number of aromatic nitrogens is 1. The molecule has 0 bridgehead atoms. The number of ether oxygens (including phenoxy) is 1. The van der Waals surface area contributed by atoms with Gasteiger partial charge in [0.1, 0.15) is 28.5 Å². The lowest BCUT2D eigenvalue weighted by Gasteiger charge is -2.08. The van der Waals surface area contributed by atoms with Gasteiger partial charge in [-0.2, -0.15) is 5.26 Å². The van der Waals surface area contributed by atoms with Crippen molar-refractivity contribution < 1.29 is 14.1 Å². The van der Waals surface area contributed by atoms with E-state index in [2.05, 4.69) is 0 Å². The molecular formula is C19H11N3O5. The summed E-state index contributed by atoms with van der Waals surface area (Å²) in [5, 5.41) is 20.8. The van der Waals surface area contributed by atoms with E-state index in [-0.39, 0.29) is 11.3 Å². The normalized spacial score (nSPS) is 10.8. The maximum absolute atomic E-state index is 12.9. The number of non-ortho nitro benzene ring substituents is 1. The minimum Gasteiger partial charge on any atom is -0.497 e. The van der Waals surface area contributed by atoms with E-state index < -0.39 is 10.5 Å². The number of pyridine rings is 1. The average molecular weight is 361 g/mol. The quantitative estimate of drug-likeness (QED) is 0.408. The molecule has 27 heavy (non-hydrogen) atoms. The van der Waals surface area contributed by atoms with Crippen molar-refractivity contribution >= 4 is 27.8 Å². The molecule has 4 aromatic rings. The number of benzene rings is 2. The molecule has 132 valence electrons. The van der Waals surface area contributed by atoms with E-state index in [1.165, 1.54) is 42.0 Å². The topological polar surface area (TPSA) is 111 Å². The lowest BCUT2D eigenvalue weighted by atomic mass is 10.1. The number of hydrogen-bond donors (Lipinski definition) is 0. The second kappa shape index (κ2) is 6.00. The van der Waals surface area contributed by atoms with Crippen LogP contribution in [0.1, 0.15) is 5.56 Å². The Kier molecular flexibility index (Phi) is 3.63. The van der Waals surface area contributed by atoms with Crippen LogP contribution >= 0.6 is 0 Å². The van der Waals surface area contributed by atoms with Gasteiger partial charge in [-0.25, -0.2) is 0 Å². The Morgan fingerprint density at radius 1 is 1.15 bits per heavy atom. The van der Waals surface area contributed by atoms with Crippen molar-refractivity contribution in [1.29, 1.82) is 5.26 Å². The average Bonchev–Trinajstić information content (AvgIpc) is 3.04. The molecule has 0 fully saturated rings. The predicted octanol–water partition coefficient (Wildman–Crippen LogP) is 3.53. The van der Waals surface area contributed by atoms with Crippen LogP contribution in [-0.2, 0) is 0 Å². The number of nitro benzene ring substituents is 1. The third kappa shape index (κ3) is 2.49. The van der Waals surface area contributed by atoms with E-state index in [9.17, 15) is 20.2 Å². The van der Waals surface area contributed by atoms with Crippen LogP contribution in [0.5, 0.6) is 5.75 Å². The van der Waals surface area contributed by atoms with E-state index in [1.54, 1.807) is 18.2 Å². The molecule has 2 aromatic heterocycles. The lowest BCUT2D eigenvalue weighted by Crippen LogP contribution is -2.21. The van der Waals surface area contributed by atoms with Gasteiger partial charge in [0.05, 0.1) is 12.0 Å². The van der Waals surface area contributed by atoms with Crippen LogP contribution in [-0.4, -0.2) is 16.6 Å². The maximum Gasteiger partial charge on any atom is 0.273 e. The maximum atomic E-state index is 12.9. The highest BCUT2D eigenvalue weighted by Crippen LogP contribution is 2.32. The number of furan rings is 1. The van der Waals surface area contributed by atoms with Crippen molar-refractivity contribution in [1.82, 2.24) is 4.57 Å². The van der Waals surface area contributed by atoms with E-state index in [1.807, 2.05) is 6.07 Å². The summed E-state index contributed by atoms with van der Waals surface area (Å²) < 4.78 is 12.4. The first-order valence-electron chi connectivity index (χ1n) is 7.84. The second-order valence-electron chi connectivity index (χ2n) is 5.76. The molecule has 0 saturated carbocycles. The highest BCUT2D eigenvalue weighted by atomic mass is 16.6. The molecule has 0 unspecified atom stereocenters. The molecule has 8 nitrogen and oxygen atoms in total. The van der Waals surface area contributed by atoms with Crippen LogP contribution < -0.4 is 10.3 Å². The monoisotopic (exact) mass is 361 g/mol. The number of nitriles is 1. The summed E-state index contributed by atoms with van der Waals surface area (Å²) in [6.45, 7) is 0. The smallest absolute Gasteiger partial charge is 0.273 e. The highest BCUT2D eigenvalue weighted by molar-refractivity contribution is 6.04. The van der Waals surface area contributed by atoms with Gasteiger partial charge >= 0.3 is 0 Å². The van der Waals surface area contributed by atoms with Gasteiger partial charge in [-0.3, -0.25) is 19.5 Å². The SMILES string of the molecule is COc1ccc2oc3cc(C#N)c(=O)n(-c4ccc([N+](=O)[O-])cc4)c3c2c1. The van der Waals surface area contributed by atoms with E-state index in [0.29, 0.717) is 33.5 Å². The first kappa shape index (κ1) is 16.4. The zero-order valence-corrected chi connectivity index (χ0v) is 14.0. The Balaban J connectivity index is 2.13. The summed E-state index contributed by atoms with van der Waals surface area (Å²) in [7, 11) is 1.53. The van der Waals surface area contributed by atoms with Crippen LogP contribution in [0.2, 0.25) is 0 Å². The molecule has 0 amide bonds. The fraction of sp³-hybridized carbons (Fsp3) is 0.0526. The third-order valence-corrected chi connectivity index (χ3v) is 4.27. The fourth-order valence-electron chi connectivity index (χ4n) is 3.00. The zero-order chi connectivity index (χ0) is 19.1. The van der Waals surface area contributed by atoms with E-state index in [4.69, 9.17) is 9.15 Å². The second-order valence-corrected chi connectivity index (χ2v) is 5.76. The standard InChI is InChI=1S/C19H11N3O5/c1-26-14-6-7-16-15(9-14)18-17(27-16)8-11(10-20)19(23)21(18)12-2-4-13(5-3-12)22(24)25/h2-9H,1H3. The summed E-state index contributed by atoms with van der Waals surface area (Å²) >= 11 is 0. The molecule has 0 aliphatic heterocycles. The van der Waals surface area contributed by atoms with Gasteiger partial charge in [0.25, 0.3) is 11.2 Å². The summed E-state index contributed by atoms with van der Waals surface area (Å²) in [6, 6.07) is 14.0. The summed E-state index contributed by atoms with van der Waals surface area (Å²) in [5.41, 5.74) is 0.998. The first-order chi connectivity index (χ1) is 13.0. The predicted molar refractivity (Wildman–Crippen MR) is 97.2 cm³/mol. The Labute approximate surface area is 151 Å². The van der Waals surface area contributed by atoms with Gasteiger partial charge in [-0.1, -0.05) is 0 Å². The first-order valence-corrected chi connectivity index (χ1v) is 7.84. The van der Waals surface area contributed by atoms with Gasteiger partial charge in [0.15, 0.2) is 5.58 Å². The third-order valence-electron chi connectivity index (χ3n) is 4.27. The van der Waals surface area contributed by atoms with Gasteiger partial charge in [-0.05, 0) is 30.3 Å². The summed E-state index contributed by atoms with van der Waals surface area (Å²) in [6.07, 6.45) is 0. The molecule has 0 atom stereocenters. The molecule has 0 saturated heterocycles. The fourth-order valence-corrected chi connectivity index (χ4v) is 3.00. The van der Waals surface area contributed by atoms with Crippen molar-refractivity contribution in [2.75, 3.05) is 7.11 Å². The molecule has 0 spiro atoms. The molecule has 2 heterocycles. The van der Waals surface area contributed by atoms with E-state index in [0.717, 1.165) is 0 Å². The van der Waals surface area contributed by atoms with Crippen molar-refractivity contribution in [2.45, 2.75) is 0 Å². The molecule has 4 rings (SSSR count). The largest absolute Gasteiger partial charge is 0.497 e. The minimum absolute atomic E-state index is 0.0909. The molecule has 0 aliphatic carbocycles. The molecule has 0 N–H and O–H groups in total. The van der Waals surface area contributed by atoms with Gasteiger partial charge in [-0.15, -0.1) is 0 Å². The summed E-state index contributed by atoms with van der Waals surface area (Å²) in [5.74, 6) is 0.581. The number of hydrogen-bond acceptors (Lipinski definition) is 6. The van der Waals surface area contributed by atoms with Crippen molar-refractivity contribution in [2.24, 2.45) is 0 Å². The molecule has 8 heteroatoms. The Hall–Kier alpha value is -4.12. The van der Waals surface area contributed by atoms with Crippen molar-refractivity contribution in [3.63, 3.8) is 0 Å². The van der Waals surface area contributed by atoms with E-state index >= 15 is 0 Å². The van der Waals surface area contributed by atoms with Crippen LogP contribution in [0.4, 0.5) is 5.69 Å². The summed E-state index contributed by atoms with van der Waals surface area (Å²) in [4.78, 5) is 23.2. The molecule has 0 radical (unpaired) electrons. The number of nitrogens with zero attached hydrogens (tertiary/aromatic N) is 3. The van der Waals surface area contributed by atoms with Crippen LogP contribution in [0.25, 0.3) is 27.8 Å². The zero-order valence-electron chi connectivity index (χ0n) is 14.0. The number of methoxy groups -OCH3 is 1. The van der Waals surface area contributed by atoms with Crippen LogP contribution in [0.3, 0.4) is 0 Å². The molecular weight excluding hydrogens is 350 g/mol. The molecule has 0 aliphatic rings. The Morgan fingerprint density at radius 3 is 2.52 bits per heavy atom. The van der Waals surface area contributed by atoms with Gasteiger partial charge in [0, 0.05) is 29.3 Å². The highest BCUT2D eigenvalue weighted by Gasteiger charge is 2.18. The van der Waals surface area contributed by atoms with Gasteiger partial charge in [0.2, 0.25) is 0 Å². The Bertz CT molecular complexity index is 1310. The van der Waals surface area contributed by atoms with Crippen molar-refractivity contribution in [3.05, 3.63) is 74.6 Å². The van der Waals surface area contributed by atoms with Crippen molar-refractivity contribution in [3.8, 4) is 17.5 Å². The van der Waals surface area contributed by atoms with Gasteiger partial charge < -0.3 is 9.15 Å². The minimum atomic E-state index is -0.538. The lowest BCUT2D eigenvalue weighted by molar-refractivity contribution is -0.384. The molecule has 2 aromatic carbocycles. The van der Waals surface area contributed by atoms with Crippen LogP contribution in [0, 0.1) is 21.4 Å². The number of rotatable bonds is 3. The Morgan fingerprint density at radius 2 is 1.89 bits per heavy atom.